The van der Waals surface area contributed by atoms with Gasteiger partial charge in [0.25, 0.3) is 5.91 Å². The third kappa shape index (κ3) is 3.70. The Morgan fingerprint density at radius 1 is 1.11 bits per heavy atom. The smallest absolute Gasteiger partial charge is 0.255 e. The Hall–Kier alpha value is -2.37. The van der Waals surface area contributed by atoms with Crippen LogP contribution in [0.15, 0.2) is 48.5 Å². The van der Waals surface area contributed by atoms with Crippen molar-refractivity contribution in [1.82, 2.24) is 5.32 Å². The molecule has 0 spiro atoms. The zero-order chi connectivity index (χ0) is 18.2. The molecule has 5 nitrogen and oxygen atoms in total. The van der Waals surface area contributed by atoms with Gasteiger partial charge < -0.3 is 20.1 Å². The molecule has 0 unspecified atom stereocenters. The zero-order valence-corrected chi connectivity index (χ0v) is 15.2. The highest BCUT2D eigenvalue weighted by atomic mass is 16.5. The predicted octanol–water partition coefficient (Wildman–Crippen LogP) is 3.53. The van der Waals surface area contributed by atoms with Gasteiger partial charge >= 0.3 is 0 Å². The fourth-order valence-corrected chi connectivity index (χ4v) is 3.84. The average molecular weight is 364 g/mol. The zero-order valence-electron chi connectivity index (χ0n) is 15.2. The van der Waals surface area contributed by atoms with Crippen molar-refractivity contribution < 1.29 is 14.3 Å². The lowest BCUT2D eigenvalue weighted by atomic mass is 10.0. The minimum absolute atomic E-state index is 0.116. The van der Waals surface area contributed by atoms with Crippen LogP contribution in [0.5, 0.6) is 5.75 Å². The van der Waals surface area contributed by atoms with Crippen LogP contribution in [0.1, 0.15) is 41.3 Å². The third-order valence-electron chi connectivity index (χ3n) is 5.63. The number of benzene rings is 2. The summed E-state index contributed by atoms with van der Waals surface area (Å²) in [7, 11) is 0. The summed E-state index contributed by atoms with van der Waals surface area (Å²) in [6.45, 7) is 1.74. The number of nitrogens with one attached hydrogen (secondary N) is 2. The lowest BCUT2D eigenvalue weighted by Gasteiger charge is -2.23. The predicted molar refractivity (Wildman–Crippen MR) is 103 cm³/mol. The average Bonchev–Trinajstić information content (AvgIpc) is 3.29. The molecule has 2 N–H and O–H groups in total. The topological polar surface area (TPSA) is 59.6 Å². The number of hydrogen-bond acceptors (Lipinski definition) is 4. The van der Waals surface area contributed by atoms with Crippen molar-refractivity contribution in [3.05, 3.63) is 59.7 Å². The summed E-state index contributed by atoms with van der Waals surface area (Å²) in [4.78, 5) is 12.5. The number of hydrogen-bond donors (Lipinski definition) is 2. The molecule has 5 heteroatoms. The number of anilines is 1. The molecule has 2 aromatic carbocycles. The van der Waals surface area contributed by atoms with E-state index in [-0.39, 0.29) is 12.0 Å². The van der Waals surface area contributed by atoms with E-state index in [2.05, 4.69) is 10.6 Å². The van der Waals surface area contributed by atoms with E-state index in [1.54, 1.807) is 12.1 Å². The van der Waals surface area contributed by atoms with Crippen LogP contribution in [-0.2, 0) is 4.74 Å². The number of rotatable bonds is 6. The van der Waals surface area contributed by atoms with E-state index in [4.69, 9.17) is 9.47 Å². The van der Waals surface area contributed by atoms with Gasteiger partial charge in [-0.2, -0.15) is 0 Å². The third-order valence-corrected chi connectivity index (χ3v) is 5.63. The molecule has 1 aliphatic carbocycles. The molecule has 2 heterocycles. The number of morpholine rings is 1. The van der Waals surface area contributed by atoms with E-state index in [9.17, 15) is 4.79 Å². The largest absolute Gasteiger partial charge is 0.493 e. The maximum atomic E-state index is 12.5. The molecule has 2 saturated heterocycles. The van der Waals surface area contributed by atoms with Gasteiger partial charge in [0, 0.05) is 23.8 Å². The molecule has 2 aromatic rings. The van der Waals surface area contributed by atoms with E-state index in [0.29, 0.717) is 17.7 Å². The van der Waals surface area contributed by atoms with Gasteiger partial charge in [-0.15, -0.1) is 0 Å². The lowest BCUT2D eigenvalue weighted by molar-refractivity contribution is 0.0160. The van der Waals surface area contributed by atoms with Crippen LogP contribution in [0.25, 0.3) is 0 Å². The van der Waals surface area contributed by atoms with Crippen molar-refractivity contribution in [1.29, 1.82) is 0 Å². The van der Waals surface area contributed by atoms with Crippen LogP contribution in [0.4, 0.5) is 5.69 Å². The highest BCUT2D eigenvalue weighted by Crippen LogP contribution is 2.37. The fraction of sp³-hybridized carbons (Fsp3) is 0.409. The van der Waals surface area contributed by atoms with Gasteiger partial charge in [-0.3, -0.25) is 4.79 Å². The van der Waals surface area contributed by atoms with Crippen molar-refractivity contribution in [2.75, 3.05) is 18.5 Å². The summed E-state index contributed by atoms with van der Waals surface area (Å²) in [5.41, 5.74) is 2.57. The number of carbonyl (C=O) groups excluding carboxylic acids is 1. The van der Waals surface area contributed by atoms with Crippen LogP contribution < -0.4 is 15.4 Å². The molecule has 140 valence electrons. The monoisotopic (exact) mass is 364 g/mol. The Balaban J connectivity index is 1.19. The Bertz CT molecular complexity index is 814. The molecule has 2 aliphatic heterocycles. The Kier molecular flexibility index (Phi) is 4.34. The fourth-order valence-electron chi connectivity index (χ4n) is 3.84. The first-order valence-corrected chi connectivity index (χ1v) is 9.77. The molecular formula is C22H24N2O3. The standard InChI is InChI=1S/C22H24N2O3/c25-22(16-5-9-18(10-6-16)26-13-14-1-2-14)24-17-7-3-15(4-8-17)21-20-11-19(27-21)12-23-20/h3-10,14,19-21,23H,1-2,11-13H2,(H,24,25)/t19-,20-,21+/m0/s1. The molecule has 27 heavy (non-hydrogen) atoms. The van der Waals surface area contributed by atoms with Gasteiger partial charge in [-0.1, -0.05) is 12.1 Å². The first-order valence-electron chi connectivity index (χ1n) is 9.77. The first-order chi connectivity index (χ1) is 13.2. The minimum Gasteiger partial charge on any atom is -0.493 e. The van der Waals surface area contributed by atoms with Crippen molar-refractivity contribution in [3.63, 3.8) is 0 Å². The van der Waals surface area contributed by atoms with Crippen LogP contribution in [0, 0.1) is 5.92 Å². The summed E-state index contributed by atoms with van der Waals surface area (Å²) >= 11 is 0. The first kappa shape index (κ1) is 16.8. The summed E-state index contributed by atoms with van der Waals surface area (Å²) in [6, 6.07) is 15.7. The Morgan fingerprint density at radius 2 is 1.89 bits per heavy atom. The Morgan fingerprint density at radius 3 is 2.52 bits per heavy atom. The summed E-state index contributed by atoms with van der Waals surface area (Å²) in [5.74, 6) is 1.42. The van der Waals surface area contributed by atoms with Gasteiger partial charge in [-0.25, -0.2) is 0 Å². The lowest BCUT2D eigenvalue weighted by Crippen LogP contribution is -2.33. The highest BCUT2D eigenvalue weighted by Gasteiger charge is 2.41. The van der Waals surface area contributed by atoms with E-state index < -0.39 is 0 Å². The molecule has 3 fully saturated rings. The van der Waals surface area contributed by atoms with Gasteiger partial charge in [0.2, 0.25) is 0 Å². The van der Waals surface area contributed by atoms with Crippen molar-refractivity contribution >= 4 is 11.6 Å². The van der Waals surface area contributed by atoms with E-state index >= 15 is 0 Å². The van der Waals surface area contributed by atoms with E-state index in [1.807, 2.05) is 36.4 Å². The SMILES string of the molecule is O=C(Nc1ccc([C@H]2O[C@@H]3CN[C@H]2C3)cc1)c1ccc(OCC2CC2)cc1. The van der Waals surface area contributed by atoms with Crippen LogP contribution in [0.3, 0.4) is 0 Å². The van der Waals surface area contributed by atoms with Crippen molar-refractivity contribution in [2.24, 2.45) is 5.92 Å². The summed E-state index contributed by atoms with van der Waals surface area (Å²) < 4.78 is 11.7. The molecule has 0 aromatic heterocycles. The second-order valence-corrected chi connectivity index (χ2v) is 7.78. The summed E-state index contributed by atoms with van der Waals surface area (Å²) in [6.07, 6.45) is 4.09. The number of fused-ring (bicyclic) bond motifs is 2. The molecular weight excluding hydrogens is 340 g/mol. The minimum atomic E-state index is -0.116. The van der Waals surface area contributed by atoms with Crippen LogP contribution in [0.2, 0.25) is 0 Å². The van der Waals surface area contributed by atoms with Gasteiger partial charge in [0.15, 0.2) is 0 Å². The molecule has 5 rings (SSSR count). The molecule has 1 saturated carbocycles. The summed E-state index contributed by atoms with van der Waals surface area (Å²) in [5, 5.41) is 6.44. The van der Waals surface area contributed by atoms with Gasteiger partial charge in [0.05, 0.1) is 18.8 Å². The number of carbonyl (C=O) groups is 1. The molecule has 1 amide bonds. The normalized spacial score (nSPS) is 26.1. The molecule has 2 bridgehead atoms. The van der Waals surface area contributed by atoms with Gasteiger partial charge in [0.1, 0.15) is 5.75 Å². The second-order valence-electron chi connectivity index (χ2n) is 7.78. The van der Waals surface area contributed by atoms with E-state index in [0.717, 1.165) is 42.5 Å². The highest BCUT2D eigenvalue weighted by molar-refractivity contribution is 6.04. The molecule has 0 radical (unpaired) electrons. The van der Waals surface area contributed by atoms with Crippen LogP contribution >= 0.6 is 0 Å². The van der Waals surface area contributed by atoms with Crippen molar-refractivity contribution in [2.45, 2.75) is 37.5 Å². The van der Waals surface area contributed by atoms with E-state index in [1.165, 1.54) is 12.8 Å². The maximum Gasteiger partial charge on any atom is 0.255 e. The number of amides is 1. The van der Waals surface area contributed by atoms with Gasteiger partial charge in [-0.05, 0) is 67.1 Å². The molecule has 3 aliphatic rings. The van der Waals surface area contributed by atoms with Crippen molar-refractivity contribution in [3.8, 4) is 5.75 Å². The maximum absolute atomic E-state index is 12.5. The second kappa shape index (κ2) is 6.98. The quantitative estimate of drug-likeness (QED) is 0.823. The Labute approximate surface area is 159 Å². The molecule has 3 atom stereocenters. The number of ether oxygens (including phenoxy) is 2. The van der Waals surface area contributed by atoms with Crippen LogP contribution in [-0.4, -0.2) is 31.2 Å².